The first-order valence-electron chi connectivity index (χ1n) is 6.89. The summed E-state index contributed by atoms with van der Waals surface area (Å²) in [7, 11) is 0. The maximum Gasteiger partial charge on any atom is 0.119 e. The average molecular weight is 270 g/mol. The molecule has 0 aliphatic heterocycles. The fourth-order valence-corrected chi connectivity index (χ4v) is 2.17. The third kappa shape index (κ3) is 4.08. The molecule has 2 rings (SSSR count). The monoisotopic (exact) mass is 270 g/mol. The van der Waals surface area contributed by atoms with Crippen molar-refractivity contribution in [1.29, 1.82) is 0 Å². The van der Waals surface area contributed by atoms with Gasteiger partial charge in [0.25, 0.3) is 0 Å². The number of benzene rings is 2. The lowest BCUT2D eigenvalue weighted by molar-refractivity contribution is 0.264. The van der Waals surface area contributed by atoms with Crippen LogP contribution >= 0.6 is 0 Å². The van der Waals surface area contributed by atoms with E-state index in [4.69, 9.17) is 10.6 Å². The Labute approximate surface area is 120 Å². The summed E-state index contributed by atoms with van der Waals surface area (Å²) in [5.41, 5.74) is 6.71. The topological polar surface area (TPSA) is 47.3 Å². The molecule has 2 aromatic rings. The number of hydrogen-bond donors (Lipinski definition) is 2. The van der Waals surface area contributed by atoms with Gasteiger partial charge in [-0.3, -0.25) is 11.3 Å². The van der Waals surface area contributed by atoms with Crippen molar-refractivity contribution in [2.45, 2.75) is 26.3 Å². The van der Waals surface area contributed by atoms with Gasteiger partial charge in [-0.2, -0.15) is 0 Å². The number of rotatable bonds is 6. The molecule has 0 aliphatic carbocycles. The number of hydrazine groups is 1. The van der Waals surface area contributed by atoms with Gasteiger partial charge in [0.05, 0.1) is 6.04 Å². The molecular weight excluding hydrogens is 248 g/mol. The number of ether oxygens (including phenoxy) is 1. The molecule has 0 saturated carbocycles. The third-order valence-corrected chi connectivity index (χ3v) is 3.40. The summed E-state index contributed by atoms with van der Waals surface area (Å²) in [6.45, 7) is 4.78. The minimum atomic E-state index is 0.0932. The Hall–Kier alpha value is -1.84. The Morgan fingerprint density at radius 1 is 1.10 bits per heavy atom. The summed E-state index contributed by atoms with van der Waals surface area (Å²) in [4.78, 5) is 0. The van der Waals surface area contributed by atoms with Gasteiger partial charge in [-0.05, 0) is 43.5 Å². The van der Waals surface area contributed by atoms with Crippen molar-refractivity contribution < 1.29 is 4.74 Å². The molecule has 0 bridgehead atoms. The zero-order valence-electron chi connectivity index (χ0n) is 12.1. The molecule has 0 heterocycles. The van der Waals surface area contributed by atoms with Crippen LogP contribution in [0.5, 0.6) is 5.75 Å². The molecule has 1 atom stereocenters. The molecule has 2 aromatic carbocycles. The molecule has 0 amide bonds. The molecular formula is C17H22N2O. The molecule has 0 aliphatic rings. The Morgan fingerprint density at radius 2 is 1.85 bits per heavy atom. The lowest BCUT2D eigenvalue weighted by atomic mass is 9.99. The third-order valence-electron chi connectivity index (χ3n) is 3.40. The van der Waals surface area contributed by atoms with Crippen LogP contribution in [-0.4, -0.2) is 12.6 Å². The highest BCUT2D eigenvalue weighted by Crippen LogP contribution is 2.14. The van der Waals surface area contributed by atoms with Crippen LogP contribution in [0.15, 0.2) is 48.5 Å². The molecule has 3 N–H and O–H groups in total. The van der Waals surface area contributed by atoms with Gasteiger partial charge in [0.15, 0.2) is 0 Å². The van der Waals surface area contributed by atoms with Gasteiger partial charge < -0.3 is 4.74 Å². The normalized spacial score (nSPS) is 12.2. The second kappa shape index (κ2) is 7.08. The van der Waals surface area contributed by atoms with Crippen LogP contribution < -0.4 is 16.0 Å². The summed E-state index contributed by atoms with van der Waals surface area (Å²) in [6, 6.07) is 16.4. The summed E-state index contributed by atoms with van der Waals surface area (Å²) in [6.07, 6.45) is 0.858. The molecule has 20 heavy (non-hydrogen) atoms. The van der Waals surface area contributed by atoms with E-state index in [0.29, 0.717) is 6.61 Å². The Bertz CT molecular complexity index is 540. The Balaban J connectivity index is 1.97. The second-order valence-electron chi connectivity index (χ2n) is 5.12. The van der Waals surface area contributed by atoms with Crippen molar-refractivity contribution in [3.63, 3.8) is 0 Å². The van der Waals surface area contributed by atoms with Crippen LogP contribution in [0.3, 0.4) is 0 Å². The molecule has 0 aromatic heterocycles. The van der Waals surface area contributed by atoms with Gasteiger partial charge in [0.1, 0.15) is 12.4 Å². The van der Waals surface area contributed by atoms with Gasteiger partial charge in [-0.15, -0.1) is 0 Å². The molecule has 0 radical (unpaired) electrons. The van der Waals surface area contributed by atoms with Gasteiger partial charge in [-0.1, -0.05) is 42.0 Å². The smallest absolute Gasteiger partial charge is 0.119 e. The van der Waals surface area contributed by atoms with Crippen LogP contribution in [0.2, 0.25) is 0 Å². The number of nitrogens with two attached hydrogens (primary N) is 1. The van der Waals surface area contributed by atoms with Crippen molar-refractivity contribution in [2.24, 2.45) is 5.84 Å². The largest absolute Gasteiger partial charge is 0.492 e. The molecule has 0 saturated heterocycles. The van der Waals surface area contributed by atoms with Crippen molar-refractivity contribution in [1.82, 2.24) is 5.43 Å². The Kier molecular flexibility index (Phi) is 5.16. The van der Waals surface area contributed by atoms with E-state index in [9.17, 15) is 0 Å². The highest BCUT2D eigenvalue weighted by Gasteiger charge is 2.10. The molecule has 3 nitrogen and oxygen atoms in total. The van der Waals surface area contributed by atoms with Crippen molar-refractivity contribution in [3.05, 3.63) is 65.2 Å². The minimum absolute atomic E-state index is 0.0932. The molecule has 0 fully saturated rings. The van der Waals surface area contributed by atoms with E-state index in [-0.39, 0.29) is 6.04 Å². The van der Waals surface area contributed by atoms with Gasteiger partial charge in [0.2, 0.25) is 0 Å². The predicted octanol–water partition coefficient (Wildman–Crippen LogP) is 2.76. The maximum absolute atomic E-state index is 5.76. The standard InChI is InChI=1S/C17H22N2O/c1-13-8-9-14(2)15(10-13)11-16(19-18)12-20-17-6-4-3-5-7-17/h3-10,16,19H,11-12,18H2,1-2H3. The van der Waals surface area contributed by atoms with Crippen LogP contribution in [0.1, 0.15) is 16.7 Å². The van der Waals surface area contributed by atoms with Crippen molar-refractivity contribution in [2.75, 3.05) is 6.61 Å². The highest BCUT2D eigenvalue weighted by atomic mass is 16.5. The fourth-order valence-electron chi connectivity index (χ4n) is 2.17. The average Bonchev–Trinajstić information content (AvgIpc) is 2.48. The van der Waals surface area contributed by atoms with E-state index < -0.39 is 0 Å². The van der Waals surface area contributed by atoms with Gasteiger partial charge in [0, 0.05) is 0 Å². The predicted molar refractivity (Wildman–Crippen MR) is 82.7 cm³/mol. The van der Waals surface area contributed by atoms with Crippen molar-refractivity contribution >= 4 is 0 Å². The van der Waals surface area contributed by atoms with Crippen molar-refractivity contribution in [3.8, 4) is 5.75 Å². The van der Waals surface area contributed by atoms with Crippen LogP contribution in [0.4, 0.5) is 0 Å². The quantitative estimate of drug-likeness (QED) is 0.627. The molecule has 0 spiro atoms. The first kappa shape index (κ1) is 14.6. The fraction of sp³-hybridized carbons (Fsp3) is 0.294. The summed E-state index contributed by atoms with van der Waals surface area (Å²) in [5, 5.41) is 0. The number of aryl methyl sites for hydroxylation is 2. The second-order valence-corrected chi connectivity index (χ2v) is 5.12. The van der Waals surface area contributed by atoms with E-state index in [1.54, 1.807) is 0 Å². The zero-order chi connectivity index (χ0) is 14.4. The minimum Gasteiger partial charge on any atom is -0.492 e. The lowest BCUT2D eigenvalue weighted by Gasteiger charge is -2.18. The number of para-hydroxylation sites is 1. The van der Waals surface area contributed by atoms with E-state index in [1.807, 2.05) is 30.3 Å². The SMILES string of the molecule is Cc1ccc(C)c(CC(COc2ccccc2)NN)c1. The number of nitrogens with one attached hydrogen (secondary N) is 1. The molecule has 1 unspecified atom stereocenters. The van der Waals surface area contributed by atoms with E-state index >= 15 is 0 Å². The van der Waals surface area contributed by atoms with E-state index in [2.05, 4.69) is 37.5 Å². The molecule has 3 heteroatoms. The summed E-state index contributed by atoms with van der Waals surface area (Å²) < 4.78 is 5.76. The Morgan fingerprint density at radius 3 is 2.55 bits per heavy atom. The van der Waals surface area contributed by atoms with Crippen LogP contribution in [0, 0.1) is 13.8 Å². The highest BCUT2D eigenvalue weighted by molar-refractivity contribution is 5.31. The van der Waals surface area contributed by atoms with Crippen LogP contribution in [0.25, 0.3) is 0 Å². The first-order valence-corrected chi connectivity index (χ1v) is 6.89. The van der Waals surface area contributed by atoms with Gasteiger partial charge >= 0.3 is 0 Å². The van der Waals surface area contributed by atoms with E-state index in [0.717, 1.165) is 12.2 Å². The summed E-state index contributed by atoms with van der Waals surface area (Å²) in [5.74, 6) is 6.51. The van der Waals surface area contributed by atoms with Crippen LogP contribution in [-0.2, 0) is 6.42 Å². The van der Waals surface area contributed by atoms with E-state index in [1.165, 1.54) is 16.7 Å². The first-order chi connectivity index (χ1) is 9.69. The van der Waals surface area contributed by atoms with Gasteiger partial charge in [-0.25, -0.2) is 0 Å². The number of hydrogen-bond acceptors (Lipinski definition) is 3. The maximum atomic E-state index is 5.76. The lowest BCUT2D eigenvalue weighted by Crippen LogP contribution is -2.41. The molecule has 106 valence electrons. The summed E-state index contributed by atoms with van der Waals surface area (Å²) >= 11 is 0. The zero-order valence-corrected chi connectivity index (χ0v) is 12.1.